The van der Waals surface area contributed by atoms with E-state index in [-0.39, 0.29) is 24.7 Å². The van der Waals surface area contributed by atoms with Gasteiger partial charge in [-0.2, -0.15) is 0 Å². The summed E-state index contributed by atoms with van der Waals surface area (Å²) in [6.45, 7) is 4.01. The largest absolute Gasteiger partial charge is 0.376 e. The van der Waals surface area contributed by atoms with Crippen LogP contribution in [0.25, 0.3) is 0 Å². The Morgan fingerprint density at radius 1 is 1.22 bits per heavy atom. The number of carbonyl (C=O) groups excluding carboxylic acids is 2. The summed E-state index contributed by atoms with van der Waals surface area (Å²) in [5.41, 5.74) is 0.967. The molecule has 5 nitrogen and oxygen atoms in total. The summed E-state index contributed by atoms with van der Waals surface area (Å²) >= 11 is 1.77. The summed E-state index contributed by atoms with van der Waals surface area (Å²) in [5.74, 6) is 1.44. The summed E-state index contributed by atoms with van der Waals surface area (Å²) in [5, 5.41) is 2.88. The first-order valence-electron chi connectivity index (χ1n) is 10.1. The zero-order valence-corrected chi connectivity index (χ0v) is 16.9. The number of anilines is 1. The van der Waals surface area contributed by atoms with Crippen LogP contribution >= 0.6 is 11.8 Å². The predicted molar refractivity (Wildman–Crippen MR) is 109 cm³/mol. The summed E-state index contributed by atoms with van der Waals surface area (Å²) in [7, 11) is 0. The fraction of sp³-hybridized carbons (Fsp3) is 0.619. The van der Waals surface area contributed by atoms with E-state index < -0.39 is 0 Å². The highest BCUT2D eigenvalue weighted by Gasteiger charge is 2.23. The third-order valence-corrected chi connectivity index (χ3v) is 6.43. The maximum absolute atomic E-state index is 12.5. The zero-order valence-electron chi connectivity index (χ0n) is 16.1. The van der Waals surface area contributed by atoms with E-state index in [4.69, 9.17) is 4.74 Å². The third kappa shape index (κ3) is 5.72. The first kappa shape index (κ1) is 20.2. The molecule has 3 rings (SSSR count). The maximum atomic E-state index is 12.5. The second kappa shape index (κ2) is 10.1. The first-order chi connectivity index (χ1) is 13.1. The molecular weight excluding hydrogens is 360 g/mol. The van der Waals surface area contributed by atoms with Crippen molar-refractivity contribution in [2.75, 3.05) is 30.3 Å². The summed E-state index contributed by atoms with van der Waals surface area (Å²) in [4.78, 5) is 27.5. The normalized spacial score (nSPS) is 22.2. The summed E-state index contributed by atoms with van der Waals surface area (Å²) in [6, 6.07) is 7.96. The van der Waals surface area contributed by atoms with Gasteiger partial charge in [-0.15, -0.1) is 11.8 Å². The number of nitrogens with one attached hydrogen (secondary N) is 1. The van der Waals surface area contributed by atoms with Crippen molar-refractivity contribution < 1.29 is 14.3 Å². The van der Waals surface area contributed by atoms with Crippen molar-refractivity contribution in [3.05, 3.63) is 24.3 Å². The Hall–Kier alpha value is -1.53. The Kier molecular flexibility index (Phi) is 7.59. The first-order valence-corrected chi connectivity index (χ1v) is 11.0. The van der Waals surface area contributed by atoms with Gasteiger partial charge in [-0.1, -0.05) is 31.9 Å². The smallest absolute Gasteiger partial charge is 0.227 e. The van der Waals surface area contributed by atoms with Crippen molar-refractivity contribution in [1.82, 2.24) is 5.32 Å². The molecule has 1 aliphatic heterocycles. The highest BCUT2D eigenvalue weighted by Crippen LogP contribution is 2.34. The Labute approximate surface area is 166 Å². The van der Waals surface area contributed by atoms with Gasteiger partial charge in [0.25, 0.3) is 0 Å². The number of amides is 2. The van der Waals surface area contributed by atoms with Crippen molar-refractivity contribution >= 4 is 29.3 Å². The Balaban J connectivity index is 1.35. The predicted octanol–water partition coefficient (Wildman–Crippen LogP) is 3.62. The van der Waals surface area contributed by atoms with E-state index in [1.165, 1.54) is 19.3 Å². The molecule has 0 saturated heterocycles. The van der Waals surface area contributed by atoms with Crippen LogP contribution in [0.15, 0.2) is 29.2 Å². The van der Waals surface area contributed by atoms with Gasteiger partial charge in [0.05, 0.1) is 18.4 Å². The van der Waals surface area contributed by atoms with Crippen LogP contribution in [0.3, 0.4) is 0 Å². The Bertz CT molecular complexity index is 652. The molecule has 1 aliphatic carbocycles. The molecule has 2 unspecified atom stereocenters. The molecular formula is C21H30N2O3S. The van der Waals surface area contributed by atoms with Crippen molar-refractivity contribution in [1.29, 1.82) is 0 Å². The van der Waals surface area contributed by atoms with Gasteiger partial charge in [-0.25, -0.2) is 0 Å². The van der Waals surface area contributed by atoms with Crippen LogP contribution in [0, 0.1) is 5.92 Å². The van der Waals surface area contributed by atoms with Gasteiger partial charge in [0.1, 0.15) is 0 Å². The fourth-order valence-electron chi connectivity index (χ4n) is 3.80. The van der Waals surface area contributed by atoms with Crippen molar-refractivity contribution in [3.63, 3.8) is 0 Å². The average molecular weight is 391 g/mol. The van der Waals surface area contributed by atoms with Crippen LogP contribution in [-0.2, 0) is 14.3 Å². The van der Waals surface area contributed by atoms with E-state index in [1.807, 2.05) is 29.2 Å². The van der Waals surface area contributed by atoms with Gasteiger partial charge in [0.2, 0.25) is 11.8 Å². The molecule has 0 spiro atoms. The molecule has 1 fully saturated rings. The molecule has 1 heterocycles. The van der Waals surface area contributed by atoms with E-state index in [9.17, 15) is 9.59 Å². The van der Waals surface area contributed by atoms with Crippen LogP contribution < -0.4 is 10.2 Å². The minimum atomic E-state index is -0.0803. The number of rotatable bonds is 7. The number of nitrogens with zero attached hydrogens (tertiary/aromatic N) is 1. The Morgan fingerprint density at radius 2 is 2.04 bits per heavy atom. The molecule has 1 aromatic rings. The molecule has 0 radical (unpaired) electrons. The topological polar surface area (TPSA) is 58.6 Å². The molecule has 6 heteroatoms. The van der Waals surface area contributed by atoms with Gasteiger partial charge in [0, 0.05) is 36.6 Å². The Morgan fingerprint density at radius 3 is 2.89 bits per heavy atom. The maximum Gasteiger partial charge on any atom is 0.227 e. The molecule has 2 aliphatic rings. The van der Waals surface area contributed by atoms with Gasteiger partial charge in [-0.3, -0.25) is 9.59 Å². The molecule has 1 N–H and O–H groups in total. The number of ether oxygens (including phenoxy) is 1. The number of hydrogen-bond donors (Lipinski definition) is 1. The number of fused-ring (bicyclic) bond motifs is 1. The third-order valence-electron chi connectivity index (χ3n) is 5.38. The fourth-order valence-corrected chi connectivity index (χ4v) is 4.80. The summed E-state index contributed by atoms with van der Waals surface area (Å²) in [6.07, 6.45) is 5.69. The van der Waals surface area contributed by atoms with Crippen LogP contribution in [0.1, 0.15) is 45.4 Å². The highest BCUT2D eigenvalue weighted by atomic mass is 32.2. The van der Waals surface area contributed by atoms with Crippen molar-refractivity contribution in [2.24, 2.45) is 5.92 Å². The van der Waals surface area contributed by atoms with Gasteiger partial charge in [-0.05, 0) is 30.9 Å². The molecule has 27 heavy (non-hydrogen) atoms. The lowest BCUT2D eigenvalue weighted by Gasteiger charge is -2.29. The standard InChI is InChI=1S/C21H30N2O3S/c1-16-6-2-4-8-18(16)26-14-12-22-20(24)10-11-21(25)23-13-15-27-19-9-5-3-7-17(19)23/h3,5,7,9,16,18H,2,4,6,8,10-15H2,1H3,(H,22,24). The molecule has 148 valence electrons. The van der Waals surface area contributed by atoms with E-state index in [2.05, 4.69) is 12.2 Å². The van der Waals surface area contributed by atoms with Gasteiger partial charge < -0.3 is 15.0 Å². The quantitative estimate of drug-likeness (QED) is 0.723. The number of benzene rings is 1. The van der Waals surface area contributed by atoms with Crippen LogP contribution in [-0.4, -0.2) is 43.4 Å². The molecule has 2 atom stereocenters. The average Bonchev–Trinajstić information content (AvgIpc) is 2.70. The van der Waals surface area contributed by atoms with E-state index >= 15 is 0 Å². The summed E-state index contributed by atoms with van der Waals surface area (Å²) < 4.78 is 5.91. The lowest BCUT2D eigenvalue weighted by Crippen LogP contribution is -2.36. The van der Waals surface area contributed by atoms with Gasteiger partial charge in [0.15, 0.2) is 0 Å². The van der Waals surface area contributed by atoms with Crippen molar-refractivity contribution in [2.45, 2.75) is 56.4 Å². The van der Waals surface area contributed by atoms with E-state index in [0.717, 1.165) is 22.8 Å². The minimum Gasteiger partial charge on any atom is -0.376 e. The monoisotopic (exact) mass is 390 g/mol. The number of para-hydroxylation sites is 1. The lowest BCUT2D eigenvalue weighted by atomic mass is 9.88. The SMILES string of the molecule is CC1CCCCC1OCCNC(=O)CCC(=O)N1CCSc2ccccc21. The number of hydrogen-bond acceptors (Lipinski definition) is 4. The van der Waals surface area contributed by atoms with Crippen LogP contribution in [0.5, 0.6) is 0 Å². The van der Waals surface area contributed by atoms with E-state index in [1.54, 1.807) is 11.8 Å². The minimum absolute atomic E-state index is 0.0187. The molecule has 0 aromatic heterocycles. The van der Waals surface area contributed by atoms with E-state index in [0.29, 0.717) is 31.7 Å². The number of carbonyl (C=O) groups is 2. The zero-order chi connectivity index (χ0) is 19.1. The highest BCUT2D eigenvalue weighted by molar-refractivity contribution is 7.99. The molecule has 1 aromatic carbocycles. The van der Waals surface area contributed by atoms with Gasteiger partial charge >= 0.3 is 0 Å². The molecule has 0 bridgehead atoms. The second-order valence-corrected chi connectivity index (χ2v) is 8.52. The van der Waals surface area contributed by atoms with Crippen LogP contribution in [0.4, 0.5) is 5.69 Å². The number of thioether (sulfide) groups is 1. The van der Waals surface area contributed by atoms with Crippen molar-refractivity contribution in [3.8, 4) is 0 Å². The molecule has 2 amide bonds. The molecule has 1 saturated carbocycles. The lowest BCUT2D eigenvalue weighted by molar-refractivity contribution is -0.125. The second-order valence-electron chi connectivity index (χ2n) is 7.38. The van der Waals surface area contributed by atoms with Crippen LogP contribution in [0.2, 0.25) is 0 Å².